The zero-order valence-electron chi connectivity index (χ0n) is 12.4. The normalized spacial score (nSPS) is 20.6. The summed E-state index contributed by atoms with van der Waals surface area (Å²) in [4.78, 5) is 14.4. The lowest BCUT2D eigenvalue weighted by Gasteiger charge is -2.30. The number of nitrogens with zero attached hydrogens (tertiary/aromatic N) is 2. The SMILES string of the molecule is O=C(c1ccon1)N1CCCCCC1CC(O)c1ccco1. The molecule has 1 N–H and O–H groups in total. The van der Waals surface area contributed by atoms with Crippen LogP contribution in [0.3, 0.4) is 0 Å². The maximum atomic E-state index is 12.6. The molecule has 0 bridgehead atoms. The Morgan fingerprint density at radius 3 is 3.00 bits per heavy atom. The van der Waals surface area contributed by atoms with Gasteiger partial charge in [-0.1, -0.05) is 18.0 Å². The Balaban J connectivity index is 1.74. The lowest BCUT2D eigenvalue weighted by atomic mass is 10.0. The number of aromatic nitrogens is 1. The summed E-state index contributed by atoms with van der Waals surface area (Å²) in [5.41, 5.74) is 0.319. The summed E-state index contributed by atoms with van der Waals surface area (Å²) < 4.78 is 10.0. The summed E-state index contributed by atoms with van der Waals surface area (Å²) in [7, 11) is 0. The van der Waals surface area contributed by atoms with E-state index in [9.17, 15) is 9.90 Å². The Morgan fingerprint density at radius 1 is 1.36 bits per heavy atom. The molecule has 2 aromatic rings. The number of carbonyl (C=O) groups excluding carboxylic acids is 1. The molecule has 22 heavy (non-hydrogen) atoms. The fourth-order valence-corrected chi connectivity index (χ4v) is 3.01. The van der Waals surface area contributed by atoms with Crippen LogP contribution in [-0.2, 0) is 0 Å². The third kappa shape index (κ3) is 3.22. The van der Waals surface area contributed by atoms with Gasteiger partial charge in [0, 0.05) is 25.1 Å². The molecule has 2 aromatic heterocycles. The molecule has 118 valence electrons. The van der Waals surface area contributed by atoms with Gasteiger partial charge in [-0.05, 0) is 25.0 Å². The number of furan rings is 1. The van der Waals surface area contributed by atoms with E-state index in [4.69, 9.17) is 8.94 Å². The molecule has 6 nitrogen and oxygen atoms in total. The number of aliphatic hydroxyl groups is 1. The van der Waals surface area contributed by atoms with Crippen molar-refractivity contribution in [2.75, 3.05) is 6.54 Å². The Labute approximate surface area is 128 Å². The minimum Gasteiger partial charge on any atom is -0.467 e. The van der Waals surface area contributed by atoms with Crippen molar-refractivity contribution in [3.8, 4) is 0 Å². The van der Waals surface area contributed by atoms with Crippen LogP contribution in [0.15, 0.2) is 39.7 Å². The molecule has 1 amide bonds. The van der Waals surface area contributed by atoms with E-state index in [0.29, 0.717) is 24.4 Å². The number of rotatable bonds is 4. The number of carbonyl (C=O) groups is 1. The number of likely N-dealkylation sites (tertiary alicyclic amines) is 1. The van der Waals surface area contributed by atoms with Gasteiger partial charge in [0.25, 0.3) is 5.91 Å². The molecule has 0 spiro atoms. The van der Waals surface area contributed by atoms with Crippen LogP contribution < -0.4 is 0 Å². The standard InChI is InChI=1S/C16H20N2O4/c19-14(15-6-4-9-21-15)11-12-5-2-1-3-8-18(12)16(20)13-7-10-22-17-13/h4,6-7,9-10,12,14,19H,1-3,5,8,11H2. The summed E-state index contributed by atoms with van der Waals surface area (Å²) in [5.74, 6) is 0.408. The monoisotopic (exact) mass is 304 g/mol. The fourth-order valence-electron chi connectivity index (χ4n) is 3.01. The predicted octanol–water partition coefficient (Wildman–Crippen LogP) is 2.78. The van der Waals surface area contributed by atoms with E-state index >= 15 is 0 Å². The molecule has 3 heterocycles. The summed E-state index contributed by atoms with van der Waals surface area (Å²) in [6.45, 7) is 0.682. The van der Waals surface area contributed by atoms with E-state index in [2.05, 4.69) is 5.16 Å². The van der Waals surface area contributed by atoms with E-state index in [0.717, 1.165) is 25.7 Å². The second kappa shape index (κ2) is 6.79. The number of hydrogen-bond acceptors (Lipinski definition) is 5. The van der Waals surface area contributed by atoms with Crippen LogP contribution in [0, 0.1) is 0 Å². The lowest BCUT2D eigenvalue weighted by molar-refractivity contribution is 0.0548. The van der Waals surface area contributed by atoms with E-state index < -0.39 is 6.10 Å². The Kier molecular flexibility index (Phi) is 4.58. The molecular weight excluding hydrogens is 284 g/mol. The van der Waals surface area contributed by atoms with Crippen LogP contribution >= 0.6 is 0 Å². The maximum absolute atomic E-state index is 12.6. The second-order valence-electron chi connectivity index (χ2n) is 5.65. The second-order valence-corrected chi connectivity index (χ2v) is 5.65. The van der Waals surface area contributed by atoms with Crippen molar-refractivity contribution < 1.29 is 18.8 Å². The van der Waals surface area contributed by atoms with Gasteiger partial charge < -0.3 is 18.9 Å². The molecule has 2 atom stereocenters. The minimum absolute atomic E-state index is 0.0215. The van der Waals surface area contributed by atoms with Crippen molar-refractivity contribution >= 4 is 5.91 Å². The van der Waals surface area contributed by atoms with Crippen LogP contribution in [0.25, 0.3) is 0 Å². The molecule has 1 aliphatic rings. The summed E-state index contributed by atoms with van der Waals surface area (Å²) >= 11 is 0. The number of aliphatic hydroxyl groups excluding tert-OH is 1. The average molecular weight is 304 g/mol. The highest BCUT2D eigenvalue weighted by molar-refractivity contribution is 5.92. The van der Waals surface area contributed by atoms with Crippen molar-refractivity contribution in [1.82, 2.24) is 10.1 Å². The average Bonchev–Trinajstić information content (AvgIpc) is 3.18. The van der Waals surface area contributed by atoms with Crippen molar-refractivity contribution in [2.24, 2.45) is 0 Å². The molecule has 6 heteroatoms. The van der Waals surface area contributed by atoms with Crippen molar-refractivity contribution in [3.63, 3.8) is 0 Å². The highest BCUT2D eigenvalue weighted by Crippen LogP contribution is 2.27. The summed E-state index contributed by atoms with van der Waals surface area (Å²) in [5, 5.41) is 14.1. The van der Waals surface area contributed by atoms with Crippen molar-refractivity contribution in [1.29, 1.82) is 0 Å². The van der Waals surface area contributed by atoms with Gasteiger partial charge in [-0.15, -0.1) is 0 Å². The molecule has 0 aromatic carbocycles. The topological polar surface area (TPSA) is 79.7 Å². The van der Waals surface area contributed by atoms with Gasteiger partial charge in [0.05, 0.1) is 6.26 Å². The molecule has 0 saturated carbocycles. The lowest BCUT2D eigenvalue weighted by Crippen LogP contribution is -2.41. The summed E-state index contributed by atoms with van der Waals surface area (Å²) in [6.07, 6.45) is 6.70. The van der Waals surface area contributed by atoms with Gasteiger partial charge in [-0.3, -0.25) is 4.79 Å². The van der Waals surface area contributed by atoms with Gasteiger partial charge in [0.15, 0.2) is 5.69 Å². The van der Waals surface area contributed by atoms with Crippen LogP contribution in [0.2, 0.25) is 0 Å². The third-order valence-corrected chi connectivity index (χ3v) is 4.16. The van der Waals surface area contributed by atoms with Gasteiger partial charge >= 0.3 is 0 Å². The molecule has 1 fully saturated rings. The molecular formula is C16H20N2O4. The number of hydrogen-bond donors (Lipinski definition) is 1. The first-order valence-electron chi connectivity index (χ1n) is 7.68. The molecule has 1 saturated heterocycles. The van der Waals surface area contributed by atoms with Gasteiger partial charge in [-0.25, -0.2) is 0 Å². The highest BCUT2D eigenvalue weighted by Gasteiger charge is 2.30. The molecule has 2 unspecified atom stereocenters. The molecule has 0 aliphatic carbocycles. The molecule has 1 aliphatic heterocycles. The van der Waals surface area contributed by atoms with Gasteiger partial charge in [0.2, 0.25) is 0 Å². The Bertz CT molecular complexity index is 579. The Morgan fingerprint density at radius 2 is 2.27 bits per heavy atom. The Hall–Kier alpha value is -2.08. The van der Waals surface area contributed by atoms with E-state index in [1.807, 2.05) is 4.90 Å². The van der Waals surface area contributed by atoms with Crippen molar-refractivity contribution in [2.45, 2.75) is 44.2 Å². The van der Waals surface area contributed by atoms with E-state index in [-0.39, 0.29) is 11.9 Å². The zero-order chi connectivity index (χ0) is 15.4. The minimum atomic E-state index is -0.703. The van der Waals surface area contributed by atoms with Crippen molar-refractivity contribution in [3.05, 3.63) is 42.2 Å². The highest BCUT2D eigenvalue weighted by atomic mass is 16.5. The number of amides is 1. The first-order valence-corrected chi connectivity index (χ1v) is 7.68. The zero-order valence-corrected chi connectivity index (χ0v) is 12.4. The van der Waals surface area contributed by atoms with Gasteiger partial charge in [0.1, 0.15) is 18.1 Å². The molecule has 3 rings (SSSR count). The third-order valence-electron chi connectivity index (χ3n) is 4.16. The maximum Gasteiger partial charge on any atom is 0.276 e. The van der Waals surface area contributed by atoms with E-state index in [1.54, 1.807) is 24.5 Å². The van der Waals surface area contributed by atoms with Crippen LogP contribution in [-0.4, -0.2) is 33.7 Å². The van der Waals surface area contributed by atoms with Crippen LogP contribution in [0.1, 0.15) is 54.5 Å². The van der Waals surface area contributed by atoms with Crippen LogP contribution in [0.4, 0.5) is 0 Å². The quantitative estimate of drug-likeness (QED) is 0.939. The molecule has 0 radical (unpaired) electrons. The first kappa shape index (κ1) is 14.8. The summed E-state index contributed by atoms with van der Waals surface area (Å²) in [6, 6.07) is 5.06. The smallest absolute Gasteiger partial charge is 0.276 e. The first-order chi connectivity index (χ1) is 10.8. The predicted molar refractivity (Wildman–Crippen MR) is 78.1 cm³/mol. The van der Waals surface area contributed by atoms with Gasteiger partial charge in [-0.2, -0.15) is 0 Å². The van der Waals surface area contributed by atoms with Crippen LogP contribution in [0.5, 0.6) is 0 Å². The van der Waals surface area contributed by atoms with E-state index in [1.165, 1.54) is 6.26 Å². The largest absolute Gasteiger partial charge is 0.467 e. The fraction of sp³-hybridized carbons (Fsp3) is 0.500.